The average molecular weight is 264 g/mol. The average Bonchev–Trinajstić information content (AvgIpc) is 3.02. The fourth-order valence-corrected chi connectivity index (χ4v) is 2.20. The normalized spacial score (nSPS) is 16.7. The van der Waals surface area contributed by atoms with Crippen LogP contribution in [0.5, 0.6) is 0 Å². The highest BCUT2D eigenvalue weighted by atomic mass is 16.2. The van der Waals surface area contributed by atoms with Crippen molar-refractivity contribution in [3.8, 4) is 0 Å². The molecule has 0 radical (unpaired) electrons. The van der Waals surface area contributed by atoms with Crippen molar-refractivity contribution >= 4 is 11.8 Å². The summed E-state index contributed by atoms with van der Waals surface area (Å²) in [5, 5.41) is 6.94. The summed E-state index contributed by atoms with van der Waals surface area (Å²) in [7, 11) is 0. The number of amides is 2. The van der Waals surface area contributed by atoms with Gasteiger partial charge in [-0.2, -0.15) is 5.10 Å². The molecule has 1 atom stereocenters. The SMILES string of the molecule is CC(Cn1cccn1)C(=O)NCCN1CCCC1=O. The molecule has 19 heavy (non-hydrogen) atoms. The summed E-state index contributed by atoms with van der Waals surface area (Å²) in [5.41, 5.74) is 0. The standard InChI is InChI=1S/C13H20N4O2/c1-11(10-17-8-3-5-15-17)13(19)14-6-9-16-7-2-4-12(16)18/h3,5,8,11H,2,4,6-7,9-10H2,1H3,(H,14,19). The maximum Gasteiger partial charge on any atom is 0.224 e. The lowest BCUT2D eigenvalue weighted by atomic mass is 10.1. The molecule has 1 unspecified atom stereocenters. The summed E-state index contributed by atoms with van der Waals surface area (Å²) in [5.74, 6) is 0.0650. The number of likely N-dealkylation sites (tertiary alicyclic amines) is 1. The third-order valence-corrected chi connectivity index (χ3v) is 3.32. The first-order valence-electron chi connectivity index (χ1n) is 6.69. The van der Waals surface area contributed by atoms with Crippen LogP contribution in [0.3, 0.4) is 0 Å². The molecule has 1 aromatic rings. The molecule has 2 rings (SSSR count). The van der Waals surface area contributed by atoms with Crippen LogP contribution in [0, 0.1) is 5.92 Å². The van der Waals surface area contributed by atoms with Gasteiger partial charge in [-0.1, -0.05) is 6.92 Å². The van der Waals surface area contributed by atoms with Crippen molar-refractivity contribution in [1.82, 2.24) is 20.0 Å². The van der Waals surface area contributed by atoms with Crippen LogP contribution in [0.2, 0.25) is 0 Å². The minimum Gasteiger partial charge on any atom is -0.354 e. The van der Waals surface area contributed by atoms with Gasteiger partial charge in [-0.15, -0.1) is 0 Å². The van der Waals surface area contributed by atoms with Gasteiger partial charge in [-0.3, -0.25) is 14.3 Å². The zero-order chi connectivity index (χ0) is 13.7. The van der Waals surface area contributed by atoms with E-state index in [4.69, 9.17) is 0 Å². The predicted molar refractivity (Wildman–Crippen MR) is 70.2 cm³/mol. The second-order valence-corrected chi connectivity index (χ2v) is 4.90. The molecule has 1 aliphatic heterocycles. The van der Waals surface area contributed by atoms with Crippen LogP contribution < -0.4 is 5.32 Å². The number of aromatic nitrogens is 2. The van der Waals surface area contributed by atoms with Gasteiger partial charge < -0.3 is 10.2 Å². The van der Waals surface area contributed by atoms with Crippen LogP contribution in [0.25, 0.3) is 0 Å². The fraction of sp³-hybridized carbons (Fsp3) is 0.615. The van der Waals surface area contributed by atoms with Crippen LogP contribution in [0.1, 0.15) is 19.8 Å². The maximum atomic E-state index is 11.9. The number of rotatable bonds is 6. The van der Waals surface area contributed by atoms with E-state index in [1.807, 2.05) is 19.2 Å². The van der Waals surface area contributed by atoms with E-state index in [1.165, 1.54) is 0 Å². The highest BCUT2D eigenvalue weighted by Crippen LogP contribution is 2.08. The Labute approximate surface area is 112 Å². The summed E-state index contributed by atoms with van der Waals surface area (Å²) in [6.07, 6.45) is 5.11. The first-order valence-corrected chi connectivity index (χ1v) is 6.69. The number of carbonyl (C=O) groups excluding carboxylic acids is 2. The van der Waals surface area contributed by atoms with E-state index < -0.39 is 0 Å². The van der Waals surface area contributed by atoms with Gasteiger partial charge in [0.25, 0.3) is 0 Å². The number of nitrogens with one attached hydrogen (secondary N) is 1. The van der Waals surface area contributed by atoms with Gasteiger partial charge in [0.2, 0.25) is 11.8 Å². The molecule has 6 nitrogen and oxygen atoms in total. The molecule has 1 saturated heterocycles. The van der Waals surface area contributed by atoms with Gasteiger partial charge in [0.1, 0.15) is 0 Å². The predicted octanol–water partition coefficient (Wildman–Crippen LogP) is 0.258. The second-order valence-electron chi connectivity index (χ2n) is 4.90. The van der Waals surface area contributed by atoms with Crippen molar-refractivity contribution in [2.75, 3.05) is 19.6 Å². The summed E-state index contributed by atoms with van der Waals surface area (Å²) >= 11 is 0. The summed E-state index contributed by atoms with van der Waals surface area (Å²) in [4.78, 5) is 25.1. The van der Waals surface area contributed by atoms with E-state index in [9.17, 15) is 9.59 Å². The quantitative estimate of drug-likeness (QED) is 0.801. The van der Waals surface area contributed by atoms with Crippen molar-refractivity contribution in [2.24, 2.45) is 5.92 Å². The Morgan fingerprint density at radius 2 is 2.42 bits per heavy atom. The highest BCUT2D eigenvalue weighted by Gasteiger charge is 2.20. The topological polar surface area (TPSA) is 67.2 Å². The molecule has 104 valence electrons. The molecule has 2 heterocycles. The largest absolute Gasteiger partial charge is 0.354 e. The molecule has 1 fully saturated rings. The van der Waals surface area contributed by atoms with E-state index in [0.717, 1.165) is 13.0 Å². The zero-order valence-corrected chi connectivity index (χ0v) is 11.2. The second kappa shape index (κ2) is 6.36. The molecule has 0 spiro atoms. The Bertz CT molecular complexity index is 430. The Hall–Kier alpha value is -1.85. The smallest absolute Gasteiger partial charge is 0.224 e. The highest BCUT2D eigenvalue weighted by molar-refractivity contribution is 5.79. The molecule has 1 N–H and O–H groups in total. The van der Waals surface area contributed by atoms with Crippen LogP contribution in [0.15, 0.2) is 18.5 Å². The molecular formula is C13H20N4O2. The van der Waals surface area contributed by atoms with Crippen molar-refractivity contribution in [3.63, 3.8) is 0 Å². The minimum atomic E-state index is -0.130. The van der Waals surface area contributed by atoms with Gasteiger partial charge in [0.15, 0.2) is 0 Å². The fourth-order valence-electron chi connectivity index (χ4n) is 2.20. The lowest BCUT2D eigenvalue weighted by Gasteiger charge is -2.17. The molecular weight excluding hydrogens is 244 g/mol. The van der Waals surface area contributed by atoms with Gasteiger partial charge in [0.05, 0.1) is 12.5 Å². The maximum absolute atomic E-state index is 11.9. The third-order valence-electron chi connectivity index (χ3n) is 3.32. The summed E-state index contributed by atoms with van der Waals surface area (Å²) < 4.78 is 1.74. The van der Waals surface area contributed by atoms with Crippen LogP contribution in [-0.4, -0.2) is 46.1 Å². The minimum absolute atomic E-state index is 0.00199. The zero-order valence-electron chi connectivity index (χ0n) is 11.2. The van der Waals surface area contributed by atoms with E-state index in [1.54, 1.807) is 15.8 Å². The van der Waals surface area contributed by atoms with Gasteiger partial charge in [-0.25, -0.2) is 0 Å². The number of hydrogen-bond donors (Lipinski definition) is 1. The lowest BCUT2D eigenvalue weighted by Crippen LogP contribution is -2.38. The molecule has 1 aliphatic rings. The molecule has 0 aromatic carbocycles. The van der Waals surface area contributed by atoms with Gasteiger partial charge in [0, 0.05) is 38.4 Å². The molecule has 0 saturated carbocycles. The van der Waals surface area contributed by atoms with Crippen LogP contribution in [0.4, 0.5) is 0 Å². The molecule has 2 amide bonds. The van der Waals surface area contributed by atoms with Crippen LogP contribution >= 0.6 is 0 Å². The van der Waals surface area contributed by atoms with Crippen molar-refractivity contribution in [2.45, 2.75) is 26.3 Å². The third kappa shape index (κ3) is 3.81. The Balaban J connectivity index is 1.67. The van der Waals surface area contributed by atoms with Crippen LogP contribution in [-0.2, 0) is 16.1 Å². The van der Waals surface area contributed by atoms with Gasteiger partial charge >= 0.3 is 0 Å². The molecule has 0 bridgehead atoms. The lowest BCUT2D eigenvalue weighted by molar-refractivity contribution is -0.129. The number of carbonyl (C=O) groups is 2. The van der Waals surface area contributed by atoms with Crippen molar-refractivity contribution in [1.29, 1.82) is 0 Å². The van der Waals surface area contributed by atoms with E-state index in [2.05, 4.69) is 10.4 Å². The summed E-state index contributed by atoms with van der Waals surface area (Å²) in [6, 6.07) is 1.84. The monoisotopic (exact) mass is 264 g/mol. The van der Waals surface area contributed by atoms with E-state index >= 15 is 0 Å². The molecule has 6 heteroatoms. The molecule has 1 aromatic heterocycles. The van der Waals surface area contributed by atoms with E-state index in [-0.39, 0.29) is 17.7 Å². The Morgan fingerprint density at radius 3 is 3.05 bits per heavy atom. The van der Waals surface area contributed by atoms with E-state index in [0.29, 0.717) is 26.1 Å². The Morgan fingerprint density at radius 1 is 1.58 bits per heavy atom. The number of nitrogens with zero attached hydrogens (tertiary/aromatic N) is 3. The van der Waals surface area contributed by atoms with Crippen molar-refractivity contribution < 1.29 is 9.59 Å². The Kier molecular flexibility index (Phi) is 4.54. The van der Waals surface area contributed by atoms with Gasteiger partial charge in [-0.05, 0) is 12.5 Å². The number of hydrogen-bond acceptors (Lipinski definition) is 3. The summed E-state index contributed by atoms with van der Waals surface area (Å²) in [6.45, 7) is 4.39. The molecule has 0 aliphatic carbocycles. The first kappa shape index (κ1) is 13.6. The van der Waals surface area contributed by atoms with Crippen molar-refractivity contribution in [3.05, 3.63) is 18.5 Å². The first-order chi connectivity index (χ1) is 9.16.